The van der Waals surface area contributed by atoms with Crippen LogP contribution in [0.4, 0.5) is 0 Å². The number of hydrogen-bond acceptors (Lipinski definition) is 4. The van der Waals surface area contributed by atoms with E-state index in [2.05, 4.69) is 10.3 Å². The maximum absolute atomic E-state index is 12.8. The molecule has 0 spiro atoms. The number of benzene rings is 1. The fourth-order valence-corrected chi connectivity index (χ4v) is 3.52. The normalized spacial score (nSPS) is 23.6. The Morgan fingerprint density at radius 3 is 2.54 bits per heavy atom. The van der Waals surface area contributed by atoms with E-state index in [1.165, 1.54) is 0 Å². The molecule has 1 aromatic heterocycles. The molecular weight excluding hydrogens is 302 g/mol. The molecule has 2 heterocycles. The number of nitrogens with zero attached hydrogens (tertiary/aromatic N) is 1. The zero-order valence-electron chi connectivity index (χ0n) is 13.4. The second-order valence-corrected chi connectivity index (χ2v) is 6.35. The number of Topliss-reactive ketones (excluding diaryl/α,β-unsaturated/α-hetero) is 1. The van der Waals surface area contributed by atoms with Gasteiger partial charge in [0.2, 0.25) is 5.91 Å². The van der Waals surface area contributed by atoms with Crippen LogP contribution >= 0.6 is 0 Å². The van der Waals surface area contributed by atoms with Crippen molar-refractivity contribution in [1.29, 1.82) is 0 Å². The lowest BCUT2D eigenvalue weighted by molar-refractivity contribution is -0.121. The standard InChI is InChI=1S/C19H21N3O2/c20-18(24)16-12-19(8-11-22-16,15-4-2-1-3-5-15)13-17(23)14-6-9-21-10-7-14/h1-7,9-10,16,22H,8,11-13H2,(H2,20,24). The van der Waals surface area contributed by atoms with Gasteiger partial charge < -0.3 is 11.1 Å². The Bertz CT molecular complexity index is 718. The summed E-state index contributed by atoms with van der Waals surface area (Å²) >= 11 is 0. The summed E-state index contributed by atoms with van der Waals surface area (Å²) in [4.78, 5) is 28.5. The summed E-state index contributed by atoms with van der Waals surface area (Å²) < 4.78 is 0. The number of rotatable bonds is 5. The number of nitrogens with one attached hydrogen (secondary N) is 1. The Hall–Kier alpha value is -2.53. The lowest BCUT2D eigenvalue weighted by Crippen LogP contribution is -2.52. The van der Waals surface area contributed by atoms with Gasteiger partial charge in [-0.05, 0) is 37.1 Å². The van der Waals surface area contributed by atoms with Gasteiger partial charge in [-0.25, -0.2) is 0 Å². The predicted molar refractivity (Wildman–Crippen MR) is 91.5 cm³/mol. The van der Waals surface area contributed by atoms with Gasteiger partial charge in [0.1, 0.15) is 0 Å². The number of ketones is 1. The van der Waals surface area contributed by atoms with E-state index in [4.69, 9.17) is 5.73 Å². The molecule has 24 heavy (non-hydrogen) atoms. The molecule has 1 saturated heterocycles. The van der Waals surface area contributed by atoms with Crippen LogP contribution in [0.1, 0.15) is 35.2 Å². The highest BCUT2D eigenvalue weighted by atomic mass is 16.1. The number of aromatic nitrogens is 1. The summed E-state index contributed by atoms with van der Waals surface area (Å²) in [5, 5.41) is 3.16. The molecule has 2 unspecified atom stereocenters. The van der Waals surface area contributed by atoms with E-state index in [0.717, 1.165) is 12.0 Å². The van der Waals surface area contributed by atoms with Crippen molar-refractivity contribution in [3.05, 3.63) is 66.0 Å². The molecular formula is C19H21N3O2. The molecule has 0 bridgehead atoms. The first kappa shape index (κ1) is 16.3. The summed E-state index contributed by atoms with van der Waals surface area (Å²) in [6, 6.07) is 13.0. The highest BCUT2D eigenvalue weighted by Crippen LogP contribution is 2.39. The first-order valence-electron chi connectivity index (χ1n) is 8.12. The minimum atomic E-state index is -0.413. The van der Waals surface area contributed by atoms with E-state index in [0.29, 0.717) is 24.9 Å². The van der Waals surface area contributed by atoms with Crippen LogP contribution in [0.25, 0.3) is 0 Å². The Morgan fingerprint density at radius 1 is 1.17 bits per heavy atom. The highest BCUT2D eigenvalue weighted by molar-refractivity contribution is 5.97. The van der Waals surface area contributed by atoms with E-state index < -0.39 is 6.04 Å². The molecule has 5 nitrogen and oxygen atoms in total. The fourth-order valence-electron chi connectivity index (χ4n) is 3.52. The number of pyridine rings is 1. The van der Waals surface area contributed by atoms with Crippen molar-refractivity contribution in [3.8, 4) is 0 Å². The number of amides is 1. The van der Waals surface area contributed by atoms with Gasteiger partial charge in [0.25, 0.3) is 0 Å². The number of hydrogen-bond donors (Lipinski definition) is 2. The number of piperidine rings is 1. The van der Waals surface area contributed by atoms with E-state index in [1.807, 2.05) is 30.3 Å². The summed E-state index contributed by atoms with van der Waals surface area (Å²) in [6.07, 6.45) is 4.92. The Labute approximate surface area is 141 Å². The fraction of sp³-hybridized carbons (Fsp3) is 0.316. The molecule has 5 heteroatoms. The highest BCUT2D eigenvalue weighted by Gasteiger charge is 2.41. The van der Waals surface area contributed by atoms with E-state index >= 15 is 0 Å². The molecule has 3 N–H and O–H groups in total. The Balaban J connectivity index is 1.94. The van der Waals surface area contributed by atoms with Crippen LogP contribution in [0.15, 0.2) is 54.9 Å². The van der Waals surface area contributed by atoms with E-state index in [1.54, 1.807) is 24.5 Å². The summed E-state index contributed by atoms with van der Waals surface area (Å²) in [5.74, 6) is -0.308. The number of carbonyl (C=O) groups is 2. The Kier molecular flexibility index (Phi) is 4.71. The molecule has 0 radical (unpaired) electrons. The van der Waals surface area contributed by atoms with E-state index in [9.17, 15) is 9.59 Å². The van der Waals surface area contributed by atoms with Gasteiger partial charge >= 0.3 is 0 Å². The molecule has 1 fully saturated rings. The van der Waals surface area contributed by atoms with Gasteiger partial charge in [-0.15, -0.1) is 0 Å². The van der Waals surface area contributed by atoms with Crippen molar-refractivity contribution < 1.29 is 9.59 Å². The molecule has 0 aliphatic carbocycles. The summed E-state index contributed by atoms with van der Waals surface area (Å²) in [5.41, 5.74) is 6.86. The van der Waals surface area contributed by atoms with Crippen LogP contribution in [0.5, 0.6) is 0 Å². The first-order valence-corrected chi connectivity index (χ1v) is 8.12. The second kappa shape index (κ2) is 6.93. The van der Waals surface area contributed by atoms with Gasteiger partial charge in [0.05, 0.1) is 6.04 Å². The van der Waals surface area contributed by atoms with Crippen LogP contribution in [-0.4, -0.2) is 29.3 Å². The van der Waals surface area contributed by atoms with Crippen molar-refractivity contribution in [2.24, 2.45) is 5.73 Å². The molecule has 1 aromatic carbocycles. The molecule has 2 atom stereocenters. The third-order valence-electron chi connectivity index (χ3n) is 4.82. The minimum Gasteiger partial charge on any atom is -0.368 e. The lowest BCUT2D eigenvalue weighted by atomic mass is 9.67. The topological polar surface area (TPSA) is 85.1 Å². The maximum Gasteiger partial charge on any atom is 0.234 e. The van der Waals surface area contributed by atoms with Crippen molar-refractivity contribution in [2.75, 3.05) is 6.54 Å². The average molecular weight is 323 g/mol. The molecule has 124 valence electrons. The first-order chi connectivity index (χ1) is 11.6. The lowest BCUT2D eigenvalue weighted by Gasteiger charge is -2.41. The zero-order chi connectivity index (χ0) is 17.0. The van der Waals surface area contributed by atoms with Crippen molar-refractivity contribution in [1.82, 2.24) is 10.3 Å². The van der Waals surface area contributed by atoms with Crippen LogP contribution in [0, 0.1) is 0 Å². The zero-order valence-corrected chi connectivity index (χ0v) is 13.4. The van der Waals surface area contributed by atoms with Gasteiger partial charge in [0, 0.05) is 29.8 Å². The molecule has 0 saturated carbocycles. The van der Waals surface area contributed by atoms with Crippen LogP contribution in [-0.2, 0) is 10.2 Å². The van der Waals surface area contributed by atoms with Gasteiger partial charge in [0.15, 0.2) is 5.78 Å². The number of nitrogens with two attached hydrogens (primary N) is 1. The van der Waals surface area contributed by atoms with Crippen LogP contribution < -0.4 is 11.1 Å². The average Bonchev–Trinajstić information content (AvgIpc) is 2.63. The molecule has 1 aliphatic heterocycles. The van der Waals surface area contributed by atoms with Crippen molar-refractivity contribution >= 4 is 11.7 Å². The van der Waals surface area contributed by atoms with Crippen molar-refractivity contribution in [3.63, 3.8) is 0 Å². The molecule has 1 aliphatic rings. The quantitative estimate of drug-likeness (QED) is 0.822. The number of primary amides is 1. The summed E-state index contributed by atoms with van der Waals surface area (Å²) in [7, 11) is 0. The molecule has 2 aromatic rings. The monoisotopic (exact) mass is 323 g/mol. The Morgan fingerprint density at radius 2 is 1.88 bits per heavy atom. The predicted octanol–water partition coefficient (Wildman–Crippen LogP) is 1.83. The third kappa shape index (κ3) is 3.36. The number of carbonyl (C=O) groups excluding carboxylic acids is 2. The van der Waals surface area contributed by atoms with Crippen molar-refractivity contribution in [2.45, 2.75) is 30.7 Å². The molecule has 1 amide bonds. The van der Waals surface area contributed by atoms with E-state index in [-0.39, 0.29) is 17.1 Å². The largest absolute Gasteiger partial charge is 0.368 e. The smallest absolute Gasteiger partial charge is 0.234 e. The van der Waals surface area contributed by atoms with Gasteiger partial charge in [-0.3, -0.25) is 14.6 Å². The van der Waals surface area contributed by atoms with Gasteiger partial charge in [-0.2, -0.15) is 0 Å². The van der Waals surface area contributed by atoms with Gasteiger partial charge in [-0.1, -0.05) is 30.3 Å². The SMILES string of the molecule is NC(=O)C1CC(CC(=O)c2ccncc2)(c2ccccc2)CCN1. The minimum absolute atomic E-state index is 0.0615. The molecule has 3 rings (SSSR count). The maximum atomic E-state index is 12.8. The van der Waals surface area contributed by atoms with Crippen LogP contribution in [0.3, 0.4) is 0 Å². The summed E-state index contributed by atoms with van der Waals surface area (Å²) in [6.45, 7) is 0.659. The third-order valence-corrected chi connectivity index (χ3v) is 4.82. The van der Waals surface area contributed by atoms with Crippen LogP contribution in [0.2, 0.25) is 0 Å². The second-order valence-electron chi connectivity index (χ2n) is 6.35.